The van der Waals surface area contributed by atoms with Gasteiger partial charge in [0.2, 0.25) is 6.10 Å². The second-order valence-electron chi connectivity index (χ2n) is 5.35. The van der Waals surface area contributed by atoms with Crippen molar-refractivity contribution in [1.82, 2.24) is 0 Å². The second kappa shape index (κ2) is 8.48. The Morgan fingerprint density at radius 1 is 1.04 bits per heavy atom. The van der Waals surface area contributed by atoms with Crippen LogP contribution in [0.15, 0.2) is 44.9 Å². The maximum absolute atomic E-state index is 13.5. The molecule has 3 rings (SSSR count). The zero-order chi connectivity index (χ0) is 21.2. The van der Waals surface area contributed by atoms with Crippen LogP contribution in [-0.4, -0.2) is 28.5 Å². The zero-order valence-corrected chi connectivity index (χ0v) is 16.6. The maximum Gasteiger partial charge on any atom is 0.430 e. The first-order valence-electron chi connectivity index (χ1n) is 7.21. The van der Waals surface area contributed by atoms with Gasteiger partial charge in [-0.05, 0) is 36.4 Å². The third kappa shape index (κ3) is 5.22. The summed E-state index contributed by atoms with van der Waals surface area (Å²) in [6.07, 6.45) is -6.87. The van der Waals surface area contributed by atoms with Crippen molar-refractivity contribution in [1.29, 1.82) is 0 Å². The molecule has 11 heteroatoms. The highest BCUT2D eigenvalue weighted by atomic mass is 79.9. The Morgan fingerprint density at radius 3 is 2.14 bits per heavy atom. The number of rotatable bonds is 1. The van der Waals surface area contributed by atoms with Crippen molar-refractivity contribution in [3.05, 3.63) is 62.0 Å². The lowest BCUT2D eigenvalue weighted by Crippen LogP contribution is -2.40. The Morgan fingerprint density at radius 2 is 1.64 bits per heavy atom. The number of carboxylic acids is 1. The molecular weight excluding hydrogens is 523 g/mol. The number of carboxylic acid groups (broad SMARTS) is 1. The van der Waals surface area contributed by atoms with Crippen molar-refractivity contribution in [2.75, 3.05) is 0 Å². The fourth-order valence-electron chi connectivity index (χ4n) is 2.13. The minimum absolute atomic E-state index is 0.0650. The summed E-state index contributed by atoms with van der Waals surface area (Å²) in [4.78, 5) is 10.8. The van der Waals surface area contributed by atoms with E-state index in [1.165, 1.54) is 18.2 Å². The van der Waals surface area contributed by atoms with Crippen molar-refractivity contribution < 1.29 is 41.7 Å². The molecule has 4 nitrogen and oxygen atoms in total. The lowest BCUT2D eigenvalue weighted by atomic mass is 10.0. The molecule has 0 fully saturated rings. The van der Waals surface area contributed by atoms with E-state index in [0.29, 0.717) is 4.47 Å². The van der Waals surface area contributed by atoms with E-state index in [1.54, 1.807) is 6.07 Å². The van der Waals surface area contributed by atoms with Gasteiger partial charge in [-0.3, -0.25) is 0 Å². The van der Waals surface area contributed by atoms with E-state index in [9.17, 15) is 26.7 Å². The molecule has 0 aromatic heterocycles. The molecule has 1 unspecified atom stereocenters. The van der Waals surface area contributed by atoms with Crippen molar-refractivity contribution in [3.63, 3.8) is 0 Å². The van der Waals surface area contributed by atoms with E-state index in [0.717, 1.165) is 12.1 Å². The maximum atomic E-state index is 13.5. The second-order valence-corrected chi connectivity index (χ2v) is 7.18. The smallest absolute Gasteiger partial charge is 0.430 e. The monoisotopic (exact) mass is 530 g/mol. The Bertz CT molecular complexity index is 944. The number of fused-ring (bicyclic) bond motifs is 1. The van der Waals surface area contributed by atoms with Gasteiger partial charge in [0, 0.05) is 14.5 Å². The largest absolute Gasteiger partial charge is 0.505 e. The number of hydrogen-bond acceptors (Lipinski definition) is 3. The Kier molecular flexibility index (Phi) is 6.71. The molecule has 0 amide bonds. The third-order valence-corrected chi connectivity index (χ3v) is 4.27. The molecule has 1 atom stereocenters. The van der Waals surface area contributed by atoms with Gasteiger partial charge < -0.3 is 14.9 Å². The first-order valence-corrected chi connectivity index (χ1v) is 8.80. The highest BCUT2D eigenvalue weighted by Crippen LogP contribution is 2.39. The average Bonchev–Trinajstić information content (AvgIpc) is 2.57. The predicted molar refractivity (Wildman–Crippen MR) is 95.9 cm³/mol. The molecule has 1 heterocycles. The Labute approximate surface area is 171 Å². The summed E-state index contributed by atoms with van der Waals surface area (Å²) in [5, 5.41) is 17.4. The highest BCUT2D eigenvalue weighted by Gasteiger charge is 2.48. The molecule has 0 spiro atoms. The van der Waals surface area contributed by atoms with Crippen LogP contribution in [0.1, 0.15) is 5.56 Å². The van der Waals surface area contributed by atoms with Crippen LogP contribution in [0.3, 0.4) is 0 Å². The Hall–Kier alpha value is -2.14. The summed E-state index contributed by atoms with van der Waals surface area (Å²) < 4.78 is 69.3. The summed E-state index contributed by atoms with van der Waals surface area (Å²) in [6.45, 7) is 0. The third-order valence-electron chi connectivity index (χ3n) is 3.32. The van der Waals surface area contributed by atoms with Gasteiger partial charge in [-0.2, -0.15) is 13.2 Å². The molecule has 2 N–H and O–H groups in total. The Balaban J connectivity index is 0.000000261. The predicted octanol–water partition coefficient (Wildman–Crippen LogP) is 5.67. The van der Waals surface area contributed by atoms with Crippen LogP contribution in [0, 0.1) is 11.6 Å². The van der Waals surface area contributed by atoms with Gasteiger partial charge in [-0.25, -0.2) is 13.6 Å². The van der Waals surface area contributed by atoms with Gasteiger partial charge >= 0.3 is 12.1 Å². The number of phenols is 1. The van der Waals surface area contributed by atoms with Crippen LogP contribution < -0.4 is 4.74 Å². The number of phenolic OH excluding ortho intramolecular Hbond substituents is 1. The van der Waals surface area contributed by atoms with Gasteiger partial charge in [0.1, 0.15) is 0 Å². The summed E-state index contributed by atoms with van der Waals surface area (Å²) in [5.74, 6) is -4.31. The summed E-state index contributed by atoms with van der Waals surface area (Å²) in [5.41, 5.74) is -1.05. The molecule has 0 aliphatic carbocycles. The molecule has 0 saturated heterocycles. The zero-order valence-electron chi connectivity index (χ0n) is 13.4. The molecule has 0 radical (unpaired) electrons. The van der Waals surface area contributed by atoms with E-state index < -0.39 is 41.2 Å². The van der Waals surface area contributed by atoms with E-state index in [4.69, 9.17) is 10.2 Å². The first kappa shape index (κ1) is 22.2. The quantitative estimate of drug-likeness (QED) is 0.465. The van der Waals surface area contributed by atoms with Gasteiger partial charge in [0.05, 0.1) is 5.57 Å². The molecule has 1 aliphatic heterocycles. The minimum Gasteiger partial charge on any atom is -0.505 e. The summed E-state index contributed by atoms with van der Waals surface area (Å²) in [6, 6.07) is 6.27. The number of aliphatic carboxylic acids is 1. The van der Waals surface area contributed by atoms with Crippen LogP contribution in [-0.2, 0) is 4.79 Å². The molecule has 28 heavy (non-hydrogen) atoms. The topological polar surface area (TPSA) is 66.8 Å². The fourth-order valence-corrected chi connectivity index (χ4v) is 2.92. The molecule has 2 aromatic carbocycles. The number of benzene rings is 2. The number of ether oxygens (including phenoxy) is 1. The van der Waals surface area contributed by atoms with Crippen LogP contribution in [0.2, 0.25) is 0 Å². The van der Waals surface area contributed by atoms with E-state index >= 15 is 0 Å². The molecular formula is C17H9Br2F5O4. The molecule has 0 bridgehead atoms. The number of hydrogen-bond donors (Lipinski definition) is 2. The first-order chi connectivity index (χ1) is 12.9. The summed E-state index contributed by atoms with van der Waals surface area (Å²) >= 11 is 6.00. The highest BCUT2D eigenvalue weighted by molar-refractivity contribution is 9.10. The normalized spacial score (nSPS) is 15.5. The van der Waals surface area contributed by atoms with E-state index in [1.807, 2.05) is 0 Å². The van der Waals surface area contributed by atoms with Crippen molar-refractivity contribution in [2.24, 2.45) is 0 Å². The van der Waals surface area contributed by atoms with Crippen molar-refractivity contribution in [2.45, 2.75) is 12.3 Å². The van der Waals surface area contributed by atoms with Gasteiger partial charge in [0.15, 0.2) is 23.1 Å². The van der Waals surface area contributed by atoms with Crippen LogP contribution in [0.5, 0.6) is 11.5 Å². The van der Waals surface area contributed by atoms with Crippen LogP contribution in [0.25, 0.3) is 6.08 Å². The number of halogens is 7. The van der Waals surface area contributed by atoms with Gasteiger partial charge in [-0.1, -0.05) is 31.9 Å². The molecule has 150 valence electrons. The van der Waals surface area contributed by atoms with Crippen LogP contribution >= 0.6 is 31.9 Å². The average molecular weight is 532 g/mol. The van der Waals surface area contributed by atoms with Crippen molar-refractivity contribution >= 4 is 43.9 Å². The van der Waals surface area contributed by atoms with Crippen LogP contribution in [0.4, 0.5) is 22.0 Å². The fraction of sp³-hybridized carbons (Fsp3) is 0.118. The molecule has 2 aromatic rings. The number of carbonyl (C=O) groups is 1. The number of alkyl halides is 3. The van der Waals surface area contributed by atoms with Crippen molar-refractivity contribution in [3.8, 4) is 11.5 Å². The molecule has 1 aliphatic rings. The standard InChI is InChI=1S/C11H5BrF4O3.C6H4BrFO/c12-5-1-4-2-6(10(17)18)9(11(14,15)16)19-8(4)7(13)3-5;7-4-1-2-6(9)5(8)3-4/h1-3,9H,(H,17,18);1-3,9H. The molecule has 0 saturated carbocycles. The lowest BCUT2D eigenvalue weighted by Gasteiger charge is -2.27. The lowest BCUT2D eigenvalue weighted by molar-refractivity contribution is -0.187. The van der Waals surface area contributed by atoms with Gasteiger partial charge in [-0.15, -0.1) is 0 Å². The minimum atomic E-state index is -4.94. The summed E-state index contributed by atoms with van der Waals surface area (Å²) in [7, 11) is 0. The number of aromatic hydroxyl groups is 1. The van der Waals surface area contributed by atoms with E-state index in [-0.39, 0.29) is 15.8 Å². The van der Waals surface area contributed by atoms with Gasteiger partial charge in [0.25, 0.3) is 0 Å². The van der Waals surface area contributed by atoms with E-state index in [2.05, 4.69) is 36.6 Å². The SMILES string of the molecule is O=C(O)C1=Cc2cc(Br)cc(F)c2OC1C(F)(F)F.Oc1ccc(Br)cc1F.